The third-order valence-corrected chi connectivity index (χ3v) is 6.55. The smallest absolute Gasteiger partial charge is 0.118 e. The number of likely N-dealkylation sites (tertiary alicyclic amines) is 1. The molecule has 2 radical (unpaired) electrons. The van der Waals surface area contributed by atoms with Crippen molar-refractivity contribution in [2.75, 3.05) is 13.1 Å². The van der Waals surface area contributed by atoms with Gasteiger partial charge in [-0.1, -0.05) is 21.4 Å². The predicted molar refractivity (Wildman–Crippen MR) is 95.8 cm³/mol. The summed E-state index contributed by atoms with van der Waals surface area (Å²) in [5, 5.41) is 0. The predicted octanol–water partition coefficient (Wildman–Crippen LogP) is 2.44. The fourth-order valence-corrected chi connectivity index (χ4v) is 4.67. The highest BCUT2D eigenvalue weighted by Gasteiger charge is 2.37. The van der Waals surface area contributed by atoms with Crippen LogP contribution in [0.1, 0.15) is 48.3 Å². The van der Waals surface area contributed by atoms with Crippen molar-refractivity contribution in [3.8, 4) is 0 Å². The maximum Gasteiger partial charge on any atom is 0.118 e. The summed E-state index contributed by atoms with van der Waals surface area (Å²) in [6, 6.07) is 0.351. The maximum atomic E-state index is 6.37. The van der Waals surface area contributed by atoms with Crippen molar-refractivity contribution < 1.29 is 0 Å². The molecule has 3 nitrogen and oxygen atoms in total. The monoisotopic (exact) mass is 357 g/mol. The number of benzene rings is 1. The Balaban J connectivity index is 1.78. The zero-order chi connectivity index (χ0) is 15.4. The summed E-state index contributed by atoms with van der Waals surface area (Å²) in [6.45, 7) is 4.23. The molecule has 4 rings (SSSR count). The molecule has 1 saturated heterocycles. The van der Waals surface area contributed by atoms with Crippen LogP contribution < -0.4 is 11.2 Å². The van der Waals surface area contributed by atoms with Crippen molar-refractivity contribution in [3.05, 3.63) is 21.2 Å². The molecule has 5 heteroatoms. The highest BCUT2D eigenvalue weighted by atomic mass is 79.9. The molecule has 1 atom stereocenters. The van der Waals surface area contributed by atoms with Crippen LogP contribution in [0.2, 0.25) is 0 Å². The highest BCUT2D eigenvalue weighted by molar-refractivity contribution is 9.10. The van der Waals surface area contributed by atoms with Crippen molar-refractivity contribution in [3.63, 3.8) is 0 Å². The van der Waals surface area contributed by atoms with Crippen LogP contribution in [0.15, 0.2) is 9.47 Å². The summed E-state index contributed by atoms with van der Waals surface area (Å²) in [5.74, 6) is 1.69. The van der Waals surface area contributed by atoms with E-state index in [4.69, 9.17) is 18.6 Å². The van der Waals surface area contributed by atoms with Crippen molar-refractivity contribution in [1.82, 2.24) is 4.90 Å². The van der Waals surface area contributed by atoms with E-state index >= 15 is 0 Å². The lowest BCUT2D eigenvalue weighted by Gasteiger charge is -2.35. The molecule has 0 spiro atoms. The van der Waals surface area contributed by atoms with Crippen LogP contribution in [0.4, 0.5) is 5.69 Å². The second-order valence-electron chi connectivity index (χ2n) is 6.83. The SMILES string of the molecule is [B]c1c(Br)c(C)c2c3c1N=C(N1CCC(N)CC1)C3CCC2. The number of hydrogen-bond acceptors (Lipinski definition) is 3. The van der Waals surface area contributed by atoms with Crippen molar-refractivity contribution in [1.29, 1.82) is 0 Å². The lowest BCUT2D eigenvalue weighted by Crippen LogP contribution is -2.44. The fraction of sp³-hybridized carbons (Fsp3) is 0.588. The second-order valence-corrected chi connectivity index (χ2v) is 7.63. The molecule has 2 aliphatic heterocycles. The van der Waals surface area contributed by atoms with Gasteiger partial charge in [-0.05, 0) is 55.7 Å². The largest absolute Gasteiger partial charge is 0.359 e. The van der Waals surface area contributed by atoms with Gasteiger partial charge in [0.1, 0.15) is 13.7 Å². The summed E-state index contributed by atoms with van der Waals surface area (Å²) in [6.07, 6.45) is 5.71. The number of halogens is 1. The van der Waals surface area contributed by atoms with Gasteiger partial charge in [0.15, 0.2) is 0 Å². The second kappa shape index (κ2) is 5.38. The van der Waals surface area contributed by atoms with Crippen molar-refractivity contribution >= 4 is 40.8 Å². The quantitative estimate of drug-likeness (QED) is 0.724. The fourth-order valence-electron chi connectivity index (χ4n) is 4.24. The molecule has 2 heterocycles. The van der Waals surface area contributed by atoms with Gasteiger partial charge in [-0.25, -0.2) is 4.99 Å². The standard InChI is InChI=1S/C17H21BBrN3/c1-9-11-3-2-4-12-13(11)16(14(18)15(9)19)21-17(12)22-7-5-10(20)6-8-22/h10,12H,2-8,20H2,1H3. The summed E-state index contributed by atoms with van der Waals surface area (Å²) in [7, 11) is 6.37. The first-order valence-electron chi connectivity index (χ1n) is 8.27. The molecule has 1 fully saturated rings. The average Bonchev–Trinajstić information content (AvgIpc) is 2.92. The normalized spacial score (nSPS) is 24.4. The third-order valence-electron chi connectivity index (χ3n) is 5.52. The minimum absolute atomic E-state index is 0.351. The first-order valence-corrected chi connectivity index (χ1v) is 9.06. The van der Waals surface area contributed by atoms with Crippen LogP contribution >= 0.6 is 15.9 Å². The van der Waals surface area contributed by atoms with Gasteiger partial charge in [-0.3, -0.25) is 0 Å². The van der Waals surface area contributed by atoms with Gasteiger partial charge in [0.25, 0.3) is 0 Å². The molecule has 114 valence electrons. The van der Waals surface area contributed by atoms with Crippen molar-refractivity contribution in [2.24, 2.45) is 10.7 Å². The molecule has 3 aliphatic rings. The Kier molecular flexibility index (Phi) is 3.61. The lowest BCUT2D eigenvalue weighted by atomic mass is 9.77. The van der Waals surface area contributed by atoms with Gasteiger partial charge in [0.2, 0.25) is 0 Å². The van der Waals surface area contributed by atoms with E-state index in [-0.39, 0.29) is 0 Å². The Bertz CT molecular complexity index is 663. The Morgan fingerprint density at radius 3 is 2.73 bits per heavy atom. The van der Waals surface area contributed by atoms with Crippen molar-refractivity contribution in [2.45, 2.75) is 51.0 Å². The number of aliphatic imine (C=N–C) groups is 1. The molecule has 2 N–H and O–H groups in total. The Morgan fingerprint density at radius 1 is 1.27 bits per heavy atom. The number of nitrogens with two attached hydrogens (primary N) is 1. The number of rotatable bonds is 0. The Labute approximate surface area is 141 Å². The molecule has 0 amide bonds. The summed E-state index contributed by atoms with van der Waals surface area (Å²) < 4.78 is 1.03. The average molecular weight is 358 g/mol. The number of piperidine rings is 1. The third kappa shape index (κ3) is 2.09. The van der Waals surface area contributed by atoms with E-state index in [0.717, 1.165) is 48.0 Å². The Hall–Kier alpha value is -0.805. The van der Waals surface area contributed by atoms with Gasteiger partial charge in [0.05, 0.1) is 5.69 Å². The van der Waals surface area contributed by atoms with E-state index in [1.165, 1.54) is 35.4 Å². The first-order chi connectivity index (χ1) is 10.6. The van der Waals surface area contributed by atoms with E-state index in [1.54, 1.807) is 0 Å². The molecule has 1 aromatic carbocycles. The Morgan fingerprint density at radius 2 is 2.00 bits per heavy atom. The highest BCUT2D eigenvalue weighted by Crippen LogP contribution is 2.46. The summed E-state index contributed by atoms with van der Waals surface area (Å²) >= 11 is 3.67. The molecule has 0 aromatic heterocycles. The van der Waals surface area contributed by atoms with Gasteiger partial charge < -0.3 is 10.6 Å². The zero-order valence-corrected chi connectivity index (χ0v) is 14.6. The minimum atomic E-state index is 0.351. The van der Waals surface area contributed by atoms with Crippen LogP contribution in [-0.4, -0.2) is 37.7 Å². The van der Waals surface area contributed by atoms with Gasteiger partial charge >= 0.3 is 0 Å². The number of amidine groups is 1. The molecule has 0 bridgehead atoms. The molecule has 1 unspecified atom stereocenters. The summed E-state index contributed by atoms with van der Waals surface area (Å²) in [5.41, 5.74) is 12.1. The molecular weight excluding hydrogens is 337 g/mol. The van der Waals surface area contributed by atoms with E-state index in [0.29, 0.717) is 12.0 Å². The molecule has 1 aromatic rings. The molecule has 22 heavy (non-hydrogen) atoms. The maximum absolute atomic E-state index is 6.37. The molecule has 1 aliphatic carbocycles. The van der Waals surface area contributed by atoms with Crippen LogP contribution in [0.25, 0.3) is 0 Å². The van der Waals surface area contributed by atoms with Gasteiger partial charge in [-0.2, -0.15) is 0 Å². The van der Waals surface area contributed by atoms with E-state index in [9.17, 15) is 0 Å². The van der Waals surface area contributed by atoms with Crippen LogP contribution in [0.5, 0.6) is 0 Å². The van der Waals surface area contributed by atoms with Crippen LogP contribution in [0.3, 0.4) is 0 Å². The molecular formula is C17H21BBrN3. The van der Waals surface area contributed by atoms with E-state index in [1.807, 2.05) is 0 Å². The zero-order valence-electron chi connectivity index (χ0n) is 13.0. The van der Waals surface area contributed by atoms with Crippen LogP contribution in [0, 0.1) is 6.92 Å². The first kappa shape index (κ1) is 14.8. The lowest BCUT2D eigenvalue weighted by molar-refractivity contribution is 0.305. The van der Waals surface area contributed by atoms with Crippen LogP contribution in [-0.2, 0) is 6.42 Å². The van der Waals surface area contributed by atoms with E-state index in [2.05, 4.69) is 27.8 Å². The topological polar surface area (TPSA) is 41.6 Å². The van der Waals surface area contributed by atoms with Gasteiger partial charge in [-0.15, -0.1) is 0 Å². The number of nitrogens with zero attached hydrogens (tertiary/aromatic N) is 2. The van der Waals surface area contributed by atoms with Gasteiger partial charge in [0, 0.05) is 29.5 Å². The van der Waals surface area contributed by atoms with E-state index < -0.39 is 0 Å². The molecule has 0 saturated carbocycles. The minimum Gasteiger partial charge on any atom is -0.359 e. The number of hydrogen-bond donors (Lipinski definition) is 1. The summed E-state index contributed by atoms with van der Waals surface area (Å²) in [4.78, 5) is 7.45.